The molecule has 0 amide bonds. The SMILES string of the molecule is COC(=O)c1cnc2c(OC)ccc(Cl)c2c1Cl. The van der Waals surface area contributed by atoms with Crippen molar-refractivity contribution >= 4 is 40.1 Å². The molecule has 0 saturated heterocycles. The van der Waals surface area contributed by atoms with Gasteiger partial charge >= 0.3 is 5.97 Å². The van der Waals surface area contributed by atoms with E-state index in [9.17, 15) is 4.79 Å². The predicted molar refractivity (Wildman–Crippen MR) is 69.7 cm³/mol. The van der Waals surface area contributed by atoms with E-state index < -0.39 is 5.97 Å². The Hall–Kier alpha value is -1.52. The maximum absolute atomic E-state index is 11.5. The first-order valence-corrected chi connectivity index (χ1v) is 5.74. The molecule has 0 aliphatic rings. The highest BCUT2D eigenvalue weighted by Crippen LogP contribution is 2.36. The van der Waals surface area contributed by atoms with Gasteiger partial charge in [-0.25, -0.2) is 4.79 Å². The molecule has 0 atom stereocenters. The second kappa shape index (κ2) is 5.00. The number of halogens is 2. The largest absolute Gasteiger partial charge is 0.494 e. The minimum atomic E-state index is -0.562. The van der Waals surface area contributed by atoms with Crippen LogP contribution in [-0.2, 0) is 4.74 Å². The quantitative estimate of drug-likeness (QED) is 0.794. The van der Waals surface area contributed by atoms with Crippen LogP contribution in [0.4, 0.5) is 0 Å². The maximum atomic E-state index is 11.5. The summed E-state index contributed by atoms with van der Waals surface area (Å²) in [6.45, 7) is 0. The molecular weight excluding hydrogens is 277 g/mol. The van der Waals surface area contributed by atoms with Gasteiger partial charge in [-0.3, -0.25) is 4.98 Å². The fourth-order valence-electron chi connectivity index (χ4n) is 1.62. The van der Waals surface area contributed by atoms with Crippen molar-refractivity contribution in [3.05, 3.63) is 33.9 Å². The van der Waals surface area contributed by atoms with Crippen LogP contribution in [0.15, 0.2) is 18.3 Å². The Bertz CT molecular complexity index is 628. The average Bonchev–Trinajstić information content (AvgIpc) is 2.38. The minimum absolute atomic E-state index is 0.168. The lowest BCUT2D eigenvalue weighted by Gasteiger charge is -2.09. The van der Waals surface area contributed by atoms with E-state index in [0.29, 0.717) is 21.7 Å². The summed E-state index contributed by atoms with van der Waals surface area (Å²) in [7, 11) is 2.79. The lowest BCUT2D eigenvalue weighted by atomic mass is 10.1. The van der Waals surface area contributed by atoms with Crippen LogP contribution in [-0.4, -0.2) is 25.2 Å². The topological polar surface area (TPSA) is 48.4 Å². The van der Waals surface area contributed by atoms with E-state index in [4.69, 9.17) is 27.9 Å². The number of fused-ring (bicyclic) bond motifs is 1. The number of benzene rings is 1. The number of carbonyl (C=O) groups is 1. The molecule has 6 heteroatoms. The fraction of sp³-hybridized carbons (Fsp3) is 0.167. The van der Waals surface area contributed by atoms with Crippen molar-refractivity contribution in [1.82, 2.24) is 4.98 Å². The molecule has 1 heterocycles. The third-order valence-corrected chi connectivity index (χ3v) is 3.20. The molecule has 1 aromatic carbocycles. The zero-order valence-electron chi connectivity index (χ0n) is 9.66. The number of aromatic nitrogens is 1. The highest BCUT2D eigenvalue weighted by Gasteiger charge is 2.18. The molecule has 0 fully saturated rings. The second-order valence-electron chi connectivity index (χ2n) is 3.45. The third-order valence-electron chi connectivity index (χ3n) is 2.49. The number of pyridine rings is 1. The van der Waals surface area contributed by atoms with Crippen molar-refractivity contribution in [2.24, 2.45) is 0 Å². The lowest BCUT2D eigenvalue weighted by Crippen LogP contribution is -2.03. The Balaban J connectivity index is 2.82. The molecule has 0 spiro atoms. The highest BCUT2D eigenvalue weighted by atomic mass is 35.5. The first-order valence-electron chi connectivity index (χ1n) is 4.99. The number of hydrogen-bond acceptors (Lipinski definition) is 4. The van der Waals surface area contributed by atoms with Crippen LogP contribution in [0.3, 0.4) is 0 Å². The number of carbonyl (C=O) groups excluding carboxylic acids is 1. The summed E-state index contributed by atoms with van der Waals surface area (Å²) >= 11 is 12.2. The first-order chi connectivity index (χ1) is 8.60. The Morgan fingerprint density at radius 2 is 2.00 bits per heavy atom. The van der Waals surface area contributed by atoms with Crippen LogP contribution in [0.1, 0.15) is 10.4 Å². The van der Waals surface area contributed by atoms with Crippen molar-refractivity contribution in [3.63, 3.8) is 0 Å². The Morgan fingerprint density at radius 3 is 2.61 bits per heavy atom. The predicted octanol–water partition coefficient (Wildman–Crippen LogP) is 3.34. The second-order valence-corrected chi connectivity index (χ2v) is 4.24. The zero-order valence-corrected chi connectivity index (χ0v) is 11.2. The van der Waals surface area contributed by atoms with Gasteiger partial charge in [-0.05, 0) is 12.1 Å². The number of hydrogen-bond donors (Lipinski definition) is 0. The molecule has 4 nitrogen and oxygen atoms in total. The van der Waals surface area contributed by atoms with Gasteiger partial charge in [-0.15, -0.1) is 0 Å². The van der Waals surface area contributed by atoms with Gasteiger partial charge in [0.05, 0.1) is 29.8 Å². The summed E-state index contributed by atoms with van der Waals surface area (Å²) in [6, 6.07) is 3.32. The van der Waals surface area contributed by atoms with Crippen molar-refractivity contribution in [2.45, 2.75) is 0 Å². The number of nitrogens with zero attached hydrogens (tertiary/aromatic N) is 1. The summed E-state index contributed by atoms with van der Waals surface area (Å²) in [6.07, 6.45) is 1.34. The van der Waals surface area contributed by atoms with E-state index in [2.05, 4.69) is 9.72 Å². The average molecular weight is 286 g/mol. The van der Waals surface area contributed by atoms with E-state index in [1.807, 2.05) is 0 Å². The van der Waals surface area contributed by atoms with E-state index in [0.717, 1.165) is 0 Å². The first kappa shape index (κ1) is 12.9. The van der Waals surface area contributed by atoms with E-state index in [-0.39, 0.29) is 10.6 Å². The lowest BCUT2D eigenvalue weighted by molar-refractivity contribution is 0.0600. The molecule has 0 unspecified atom stereocenters. The van der Waals surface area contributed by atoms with Crippen molar-refractivity contribution in [3.8, 4) is 5.75 Å². The highest BCUT2D eigenvalue weighted by molar-refractivity contribution is 6.43. The number of rotatable bonds is 2. The molecule has 18 heavy (non-hydrogen) atoms. The van der Waals surface area contributed by atoms with Gasteiger partial charge in [0.15, 0.2) is 0 Å². The van der Waals surface area contributed by atoms with Gasteiger partial charge in [0.2, 0.25) is 0 Å². The summed E-state index contributed by atoms with van der Waals surface area (Å²) in [4.78, 5) is 15.7. The standard InChI is InChI=1S/C12H9Cl2NO3/c1-17-8-4-3-7(13)9-10(14)6(12(16)18-2)5-15-11(8)9/h3-5H,1-2H3. The minimum Gasteiger partial charge on any atom is -0.494 e. The molecule has 2 aromatic rings. The van der Waals surface area contributed by atoms with Crippen molar-refractivity contribution in [2.75, 3.05) is 14.2 Å². The zero-order chi connectivity index (χ0) is 13.3. The van der Waals surface area contributed by atoms with Crippen LogP contribution >= 0.6 is 23.2 Å². The van der Waals surface area contributed by atoms with Gasteiger partial charge < -0.3 is 9.47 Å². The summed E-state index contributed by atoms with van der Waals surface area (Å²) in [5.41, 5.74) is 0.671. The number of esters is 1. The number of ether oxygens (including phenoxy) is 2. The smallest absolute Gasteiger partial charge is 0.340 e. The van der Waals surface area contributed by atoms with Crippen LogP contribution in [0, 0.1) is 0 Å². The van der Waals surface area contributed by atoms with Gasteiger partial charge in [-0.2, -0.15) is 0 Å². The fourth-order valence-corrected chi connectivity index (χ4v) is 2.23. The Kier molecular flexibility index (Phi) is 3.59. The summed E-state index contributed by atoms with van der Waals surface area (Å²) in [5, 5.41) is 1.07. The Labute approximate surface area is 113 Å². The molecule has 0 N–H and O–H groups in total. The third kappa shape index (κ3) is 1.98. The van der Waals surface area contributed by atoms with Crippen molar-refractivity contribution in [1.29, 1.82) is 0 Å². The van der Waals surface area contributed by atoms with Gasteiger partial charge in [-0.1, -0.05) is 23.2 Å². The van der Waals surface area contributed by atoms with Crippen LogP contribution in [0.5, 0.6) is 5.75 Å². The van der Waals surface area contributed by atoms with Crippen LogP contribution in [0.2, 0.25) is 10.0 Å². The molecule has 0 radical (unpaired) electrons. The molecular formula is C12H9Cl2NO3. The van der Waals surface area contributed by atoms with E-state index in [1.165, 1.54) is 20.4 Å². The monoisotopic (exact) mass is 285 g/mol. The van der Waals surface area contributed by atoms with Crippen molar-refractivity contribution < 1.29 is 14.3 Å². The van der Waals surface area contributed by atoms with Gasteiger partial charge in [0.1, 0.15) is 11.3 Å². The van der Waals surface area contributed by atoms with Crippen LogP contribution < -0.4 is 4.74 Å². The normalized spacial score (nSPS) is 10.4. The molecule has 2 rings (SSSR count). The van der Waals surface area contributed by atoms with E-state index in [1.54, 1.807) is 12.1 Å². The molecule has 0 saturated carbocycles. The van der Waals surface area contributed by atoms with Gasteiger partial charge in [0, 0.05) is 11.6 Å². The van der Waals surface area contributed by atoms with Crippen LogP contribution in [0.25, 0.3) is 10.9 Å². The number of methoxy groups -OCH3 is 2. The van der Waals surface area contributed by atoms with Gasteiger partial charge in [0.25, 0.3) is 0 Å². The molecule has 0 aliphatic carbocycles. The molecule has 0 aliphatic heterocycles. The summed E-state index contributed by atoms with van der Waals surface area (Å²) < 4.78 is 9.79. The summed E-state index contributed by atoms with van der Waals surface area (Å²) in [5.74, 6) is -0.0268. The Morgan fingerprint density at radius 1 is 1.28 bits per heavy atom. The molecule has 0 bridgehead atoms. The molecule has 94 valence electrons. The molecule has 1 aromatic heterocycles. The van der Waals surface area contributed by atoms with E-state index >= 15 is 0 Å². The maximum Gasteiger partial charge on any atom is 0.340 e.